The first kappa shape index (κ1) is 19.7. The first-order valence-corrected chi connectivity index (χ1v) is 11.4. The Bertz CT molecular complexity index is 1110. The highest BCUT2D eigenvalue weighted by Crippen LogP contribution is 2.27. The van der Waals surface area contributed by atoms with Crippen molar-refractivity contribution < 1.29 is 20.8 Å². The fraction of sp³-hybridized carbons (Fsp3) is 0.158. The Labute approximate surface area is 179 Å². The molecule has 1 aromatic heterocycles. The van der Waals surface area contributed by atoms with Gasteiger partial charge >= 0.3 is 0 Å². The van der Waals surface area contributed by atoms with Crippen LogP contribution in [0.3, 0.4) is 0 Å². The summed E-state index contributed by atoms with van der Waals surface area (Å²) in [7, 11) is -3.73. The third-order valence-corrected chi connectivity index (χ3v) is 6.79. The van der Waals surface area contributed by atoms with Gasteiger partial charge in [-0.1, -0.05) is 11.6 Å². The Morgan fingerprint density at radius 3 is 2.55 bits per heavy atom. The molecule has 4 rings (SSSR count). The molecular formula is C19H20ClN3O4S2. The Morgan fingerprint density at radius 2 is 1.90 bits per heavy atom. The van der Waals surface area contributed by atoms with E-state index >= 15 is 0 Å². The van der Waals surface area contributed by atoms with E-state index in [2.05, 4.69) is 9.71 Å². The highest BCUT2D eigenvalue weighted by atomic mass is 35.5. The minimum Gasteiger partial charge on any atom is -0.481 e. The summed E-state index contributed by atoms with van der Waals surface area (Å²) < 4.78 is 33.0. The lowest BCUT2D eigenvalue weighted by Gasteiger charge is -2.18. The Kier molecular flexibility index (Phi) is 5.44. The number of carbonyl (C=O) groups is 1. The molecule has 154 valence electrons. The van der Waals surface area contributed by atoms with Crippen LogP contribution in [-0.2, 0) is 14.8 Å². The van der Waals surface area contributed by atoms with Gasteiger partial charge in [-0.3, -0.25) is 9.52 Å². The number of halogens is 1. The van der Waals surface area contributed by atoms with Crippen LogP contribution in [-0.4, -0.2) is 32.0 Å². The number of ether oxygens (including phenoxy) is 1. The highest BCUT2D eigenvalue weighted by Gasteiger charge is 2.34. The van der Waals surface area contributed by atoms with Crippen LogP contribution in [0.25, 0.3) is 0 Å². The van der Waals surface area contributed by atoms with Crippen LogP contribution >= 0.6 is 22.9 Å². The minimum atomic E-state index is -3.73. The van der Waals surface area contributed by atoms with Crippen molar-refractivity contribution in [2.24, 2.45) is 0 Å². The number of amides is 1. The fourth-order valence-electron chi connectivity index (χ4n) is 2.95. The number of nitrogens with one attached hydrogen (secondary N) is 1. The van der Waals surface area contributed by atoms with Gasteiger partial charge in [0.05, 0.1) is 4.90 Å². The predicted octanol–water partition coefficient (Wildman–Crippen LogP) is 4.27. The molecule has 3 aromatic rings. The number of nitrogens with zero attached hydrogens (tertiary/aromatic N) is 2. The molecule has 0 spiro atoms. The monoisotopic (exact) mass is 453 g/mol. The number of hydrogen-bond donors (Lipinski definition) is 1. The highest BCUT2D eigenvalue weighted by molar-refractivity contribution is 7.93. The summed E-state index contributed by atoms with van der Waals surface area (Å²) in [5.74, 6) is 0.403. The molecule has 1 atom stereocenters. The molecule has 1 aliphatic rings. The Hall–Kier alpha value is -2.62. The summed E-state index contributed by atoms with van der Waals surface area (Å²) in [6.45, 7) is 0.487. The lowest BCUT2D eigenvalue weighted by molar-refractivity contribution is -0.122. The van der Waals surface area contributed by atoms with E-state index in [1.807, 2.05) is 0 Å². The second-order valence-corrected chi connectivity index (χ2v) is 9.29. The van der Waals surface area contributed by atoms with Gasteiger partial charge in [0, 0.05) is 38.1 Å². The SMILES string of the molecule is O=C1[C@@H](Oc2ccc(Cl)cc2)CCN1c1ccc(S(=O)(=O)Nc2nccs2)cc1.[HH].[HH]. The molecule has 0 saturated carbocycles. The van der Waals surface area contributed by atoms with Crippen molar-refractivity contribution in [3.8, 4) is 5.75 Å². The topological polar surface area (TPSA) is 88.6 Å². The molecule has 1 N–H and O–H groups in total. The molecule has 2 heterocycles. The van der Waals surface area contributed by atoms with Gasteiger partial charge in [0.15, 0.2) is 11.2 Å². The maximum Gasteiger partial charge on any atom is 0.268 e. The fourth-order valence-corrected chi connectivity index (χ4v) is 4.86. The van der Waals surface area contributed by atoms with Crippen molar-refractivity contribution in [2.75, 3.05) is 16.2 Å². The van der Waals surface area contributed by atoms with Crippen LogP contribution in [0.2, 0.25) is 5.02 Å². The maximum atomic E-state index is 12.7. The molecule has 0 aliphatic carbocycles. The van der Waals surface area contributed by atoms with E-state index in [-0.39, 0.29) is 13.7 Å². The van der Waals surface area contributed by atoms with Gasteiger partial charge < -0.3 is 9.64 Å². The molecule has 2 aromatic carbocycles. The zero-order valence-corrected chi connectivity index (χ0v) is 17.4. The average molecular weight is 454 g/mol. The maximum absolute atomic E-state index is 12.7. The van der Waals surface area contributed by atoms with E-state index in [1.54, 1.807) is 46.7 Å². The van der Waals surface area contributed by atoms with Gasteiger partial charge in [0.25, 0.3) is 15.9 Å². The summed E-state index contributed by atoms with van der Waals surface area (Å²) in [4.78, 5) is 18.3. The third kappa shape index (κ3) is 4.36. The largest absolute Gasteiger partial charge is 0.481 e. The van der Waals surface area contributed by atoms with Crippen molar-refractivity contribution in [2.45, 2.75) is 17.4 Å². The Morgan fingerprint density at radius 1 is 1.17 bits per heavy atom. The first-order valence-electron chi connectivity index (χ1n) is 8.68. The second-order valence-electron chi connectivity index (χ2n) is 6.28. The van der Waals surface area contributed by atoms with Gasteiger partial charge in [-0.05, 0) is 48.5 Å². The van der Waals surface area contributed by atoms with E-state index in [9.17, 15) is 13.2 Å². The molecule has 10 heteroatoms. The van der Waals surface area contributed by atoms with E-state index in [0.717, 1.165) is 0 Å². The molecule has 1 aliphatic heterocycles. The number of hydrogen-bond acceptors (Lipinski definition) is 6. The summed E-state index contributed by atoms with van der Waals surface area (Å²) in [6.07, 6.45) is 1.46. The molecular weight excluding hydrogens is 434 g/mol. The molecule has 1 fully saturated rings. The van der Waals surface area contributed by atoms with Crippen LogP contribution in [0, 0.1) is 0 Å². The van der Waals surface area contributed by atoms with Gasteiger partial charge in [0.1, 0.15) is 5.75 Å². The zero-order valence-electron chi connectivity index (χ0n) is 15.0. The summed E-state index contributed by atoms with van der Waals surface area (Å²) in [6, 6.07) is 13.0. The van der Waals surface area contributed by atoms with Crippen LogP contribution in [0.15, 0.2) is 65.0 Å². The number of rotatable bonds is 6. The number of anilines is 2. The van der Waals surface area contributed by atoms with Crippen molar-refractivity contribution in [1.82, 2.24) is 4.98 Å². The van der Waals surface area contributed by atoms with Gasteiger partial charge in [0.2, 0.25) is 0 Å². The molecule has 0 radical (unpaired) electrons. The van der Waals surface area contributed by atoms with Gasteiger partial charge in [-0.2, -0.15) is 0 Å². The lowest BCUT2D eigenvalue weighted by Crippen LogP contribution is -2.32. The molecule has 1 amide bonds. The number of thiazole rings is 1. The predicted molar refractivity (Wildman–Crippen MR) is 116 cm³/mol. The Balaban J connectivity index is 0.00000171. The quantitative estimate of drug-likeness (QED) is 0.602. The van der Waals surface area contributed by atoms with Crippen LogP contribution in [0.5, 0.6) is 5.75 Å². The van der Waals surface area contributed by atoms with Crippen molar-refractivity contribution in [3.63, 3.8) is 0 Å². The van der Waals surface area contributed by atoms with Gasteiger partial charge in [-0.15, -0.1) is 11.3 Å². The molecule has 29 heavy (non-hydrogen) atoms. The standard InChI is InChI=1S/C19H16ClN3O4S2.2H2/c20-13-1-5-15(6-2-13)27-17-9-11-23(18(17)24)14-3-7-16(8-4-14)29(25,26)22-19-21-10-12-28-19;;/h1-8,10,12,17H,9,11H2,(H,21,22);2*1H/t17-;;/m0../s1. The van der Waals surface area contributed by atoms with E-state index < -0.39 is 16.1 Å². The minimum absolute atomic E-state index is 0. The van der Waals surface area contributed by atoms with Crippen molar-refractivity contribution >= 4 is 49.7 Å². The molecule has 0 bridgehead atoms. The van der Waals surface area contributed by atoms with Gasteiger partial charge in [-0.25, -0.2) is 13.4 Å². The van der Waals surface area contributed by atoms with Crippen LogP contribution < -0.4 is 14.4 Å². The number of sulfonamides is 1. The zero-order chi connectivity index (χ0) is 20.4. The van der Waals surface area contributed by atoms with Crippen LogP contribution in [0.4, 0.5) is 10.8 Å². The summed E-state index contributed by atoms with van der Waals surface area (Å²) in [5.41, 5.74) is 0.616. The normalized spacial score (nSPS) is 16.8. The van der Waals surface area contributed by atoms with Crippen molar-refractivity contribution in [1.29, 1.82) is 0 Å². The first-order chi connectivity index (χ1) is 13.9. The molecule has 1 saturated heterocycles. The average Bonchev–Trinajstić information content (AvgIpc) is 3.34. The summed E-state index contributed by atoms with van der Waals surface area (Å²) in [5, 5.41) is 2.57. The third-order valence-electron chi connectivity index (χ3n) is 4.36. The number of benzene rings is 2. The van der Waals surface area contributed by atoms with Crippen LogP contribution in [0.1, 0.15) is 9.27 Å². The second kappa shape index (κ2) is 8.02. The van der Waals surface area contributed by atoms with Crippen molar-refractivity contribution in [3.05, 3.63) is 65.1 Å². The molecule has 7 nitrogen and oxygen atoms in total. The number of aromatic nitrogens is 1. The van der Waals surface area contributed by atoms with E-state index in [1.165, 1.54) is 29.7 Å². The van der Waals surface area contributed by atoms with E-state index in [0.29, 0.717) is 34.6 Å². The summed E-state index contributed by atoms with van der Waals surface area (Å²) >= 11 is 7.06. The smallest absolute Gasteiger partial charge is 0.268 e. The molecule has 0 unspecified atom stereocenters. The lowest BCUT2D eigenvalue weighted by atomic mass is 10.3. The number of carbonyl (C=O) groups excluding carboxylic acids is 1. The van der Waals surface area contributed by atoms with E-state index in [4.69, 9.17) is 16.3 Å².